The highest BCUT2D eigenvalue weighted by Gasteiger charge is 2.38. The van der Waals surface area contributed by atoms with Gasteiger partial charge in [0.1, 0.15) is 11.8 Å². The van der Waals surface area contributed by atoms with Crippen molar-refractivity contribution in [1.29, 1.82) is 0 Å². The first kappa shape index (κ1) is 18.0. The lowest BCUT2D eigenvalue weighted by Crippen LogP contribution is -2.32. The molecule has 136 valence electrons. The van der Waals surface area contributed by atoms with Crippen LogP contribution in [0.4, 0.5) is 4.79 Å². The fourth-order valence-corrected chi connectivity index (χ4v) is 2.90. The minimum Gasteiger partial charge on any atom is -0.467 e. The number of hydrogen-bond acceptors (Lipinski definition) is 4. The second-order valence-electron chi connectivity index (χ2n) is 5.95. The maximum Gasteiger partial charge on any atom is 0.325 e. The number of rotatable bonds is 7. The average molecular weight is 376 g/mol. The lowest BCUT2D eigenvalue weighted by molar-refractivity contribution is -0.128. The number of amides is 4. The van der Waals surface area contributed by atoms with Gasteiger partial charge in [0.15, 0.2) is 0 Å². The van der Waals surface area contributed by atoms with Crippen LogP contribution in [-0.2, 0) is 22.7 Å². The number of imide groups is 1. The topological polar surface area (TPSA) is 91.7 Å². The molecule has 1 saturated heterocycles. The Morgan fingerprint density at radius 1 is 1.27 bits per heavy atom. The van der Waals surface area contributed by atoms with Crippen molar-refractivity contribution < 1.29 is 18.8 Å². The van der Waals surface area contributed by atoms with E-state index < -0.39 is 12.1 Å². The first-order valence-electron chi connectivity index (χ1n) is 8.18. The van der Waals surface area contributed by atoms with Crippen LogP contribution in [0.5, 0.6) is 0 Å². The van der Waals surface area contributed by atoms with Gasteiger partial charge in [-0.15, -0.1) is 0 Å². The summed E-state index contributed by atoms with van der Waals surface area (Å²) in [5.41, 5.74) is 0.890. The minimum atomic E-state index is -0.700. The number of furan rings is 1. The first-order chi connectivity index (χ1) is 12.5. The van der Waals surface area contributed by atoms with E-state index in [1.807, 2.05) is 12.1 Å². The molecule has 0 spiro atoms. The first-order valence-corrected chi connectivity index (χ1v) is 8.56. The van der Waals surface area contributed by atoms with Crippen LogP contribution >= 0.6 is 11.6 Å². The van der Waals surface area contributed by atoms with E-state index in [2.05, 4.69) is 10.6 Å². The highest BCUT2D eigenvalue weighted by molar-refractivity contribution is 6.30. The number of carbonyl (C=O) groups is 3. The van der Waals surface area contributed by atoms with Crippen LogP contribution in [0, 0.1) is 0 Å². The van der Waals surface area contributed by atoms with Crippen molar-refractivity contribution in [1.82, 2.24) is 15.5 Å². The maximum absolute atomic E-state index is 12.3. The van der Waals surface area contributed by atoms with Crippen molar-refractivity contribution >= 4 is 29.4 Å². The summed E-state index contributed by atoms with van der Waals surface area (Å²) in [5.74, 6) is -0.0287. The third kappa shape index (κ3) is 4.43. The van der Waals surface area contributed by atoms with E-state index in [-0.39, 0.29) is 31.2 Å². The smallest absolute Gasteiger partial charge is 0.325 e. The van der Waals surface area contributed by atoms with Crippen LogP contribution in [0.15, 0.2) is 47.1 Å². The standard InChI is InChI=1S/C18H18ClN3O4/c19-13-4-1-3-12(9-13)10-20-16(23)7-6-15-17(24)22(18(25)21-15)11-14-5-2-8-26-14/h1-5,8-9,15H,6-7,10-11H2,(H,20,23)(H,21,25)/t15-/m0/s1. The van der Waals surface area contributed by atoms with Crippen LogP contribution < -0.4 is 10.6 Å². The van der Waals surface area contributed by atoms with Crippen LogP contribution in [0.1, 0.15) is 24.2 Å². The molecule has 0 aliphatic carbocycles. The molecule has 2 N–H and O–H groups in total. The molecule has 1 atom stereocenters. The number of hydrogen-bond donors (Lipinski definition) is 2. The zero-order valence-corrected chi connectivity index (χ0v) is 14.7. The second kappa shape index (κ2) is 8.05. The molecule has 2 aromatic rings. The lowest BCUT2D eigenvalue weighted by atomic mass is 10.1. The van der Waals surface area contributed by atoms with Crippen molar-refractivity contribution in [3.8, 4) is 0 Å². The van der Waals surface area contributed by atoms with Crippen LogP contribution in [0.3, 0.4) is 0 Å². The Morgan fingerprint density at radius 3 is 2.85 bits per heavy atom. The molecule has 0 bridgehead atoms. The third-order valence-electron chi connectivity index (χ3n) is 4.04. The predicted octanol–water partition coefficient (Wildman–Crippen LogP) is 2.45. The number of halogens is 1. The molecule has 8 heteroatoms. The van der Waals surface area contributed by atoms with E-state index in [4.69, 9.17) is 16.0 Å². The van der Waals surface area contributed by atoms with Gasteiger partial charge in [0, 0.05) is 18.0 Å². The van der Waals surface area contributed by atoms with Crippen molar-refractivity contribution in [2.75, 3.05) is 0 Å². The van der Waals surface area contributed by atoms with Crippen molar-refractivity contribution in [3.05, 3.63) is 59.0 Å². The molecule has 1 aromatic heterocycles. The second-order valence-corrected chi connectivity index (χ2v) is 6.39. The molecular formula is C18H18ClN3O4. The molecule has 0 unspecified atom stereocenters. The van der Waals surface area contributed by atoms with Gasteiger partial charge >= 0.3 is 6.03 Å². The molecule has 26 heavy (non-hydrogen) atoms. The van der Waals surface area contributed by atoms with E-state index in [1.54, 1.807) is 24.3 Å². The Balaban J connectivity index is 1.46. The van der Waals surface area contributed by atoms with Crippen LogP contribution in [-0.4, -0.2) is 28.8 Å². The summed E-state index contributed by atoms with van der Waals surface area (Å²) in [4.78, 5) is 37.4. The monoisotopic (exact) mass is 375 g/mol. The van der Waals surface area contributed by atoms with E-state index in [0.717, 1.165) is 10.5 Å². The summed E-state index contributed by atoms with van der Waals surface area (Å²) in [6.45, 7) is 0.435. The molecule has 1 aromatic carbocycles. The van der Waals surface area contributed by atoms with E-state index in [0.29, 0.717) is 17.3 Å². The molecular weight excluding hydrogens is 358 g/mol. The zero-order valence-electron chi connectivity index (χ0n) is 13.9. The van der Waals surface area contributed by atoms with E-state index in [1.165, 1.54) is 6.26 Å². The van der Waals surface area contributed by atoms with Gasteiger partial charge in [0.05, 0.1) is 12.8 Å². The summed E-state index contributed by atoms with van der Waals surface area (Å²) in [6.07, 6.45) is 1.85. The zero-order chi connectivity index (χ0) is 18.5. The normalized spacial score (nSPS) is 16.7. The molecule has 0 radical (unpaired) electrons. The number of urea groups is 1. The highest BCUT2D eigenvalue weighted by atomic mass is 35.5. The number of nitrogens with one attached hydrogen (secondary N) is 2. The Labute approximate surface area is 155 Å². The lowest BCUT2D eigenvalue weighted by Gasteiger charge is -2.11. The van der Waals surface area contributed by atoms with E-state index >= 15 is 0 Å². The molecule has 0 saturated carbocycles. The quantitative estimate of drug-likeness (QED) is 0.727. The maximum atomic E-state index is 12.3. The Bertz CT molecular complexity index is 807. The fourth-order valence-electron chi connectivity index (χ4n) is 2.69. The molecule has 1 fully saturated rings. The summed E-state index contributed by atoms with van der Waals surface area (Å²) in [6, 6.07) is 9.41. The van der Waals surface area contributed by atoms with Gasteiger partial charge in [0.2, 0.25) is 5.91 Å². The summed E-state index contributed by atoms with van der Waals surface area (Å²) >= 11 is 5.90. The van der Waals surface area contributed by atoms with Gasteiger partial charge in [-0.2, -0.15) is 0 Å². The Morgan fingerprint density at radius 2 is 2.12 bits per heavy atom. The largest absolute Gasteiger partial charge is 0.467 e. The average Bonchev–Trinajstić information content (AvgIpc) is 3.22. The Hall–Kier alpha value is -2.80. The van der Waals surface area contributed by atoms with Crippen LogP contribution in [0.25, 0.3) is 0 Å². The molecule has 2 heterocycles. The fraction of sp³-hybridized carbons (Fsp3) is 0.278. The molecule has 3 rings (SSSR count). The summed E-state index contributed by atoms with van der Waals surface area (Å²) in [7, 11) is 0. The van der Waals surface area contributed by atoms with Crippen LogP contribution in [0.2, 0.25) is 5.02 Å². The van der Waals surface area contributed by atoms with Gasteiger partial charge in [-0.05, 0) is 36.2 Å². The molecule has 4 amide bonds. The molecule has 1 aliphatic heterocycles. The molecule has 1 aliphatic rings. The SMILES string of the molecule is O=C(CC[C@@H]1NC(=O)N(Cc2ccco2)C1=O)NCc1cccc(Cl)c1. The van der Waals surface area contributed by atoms with Gasteiger partial charge in [-0.25, -0.2) is 4.79 Å². The number of benzene rings is 1. The summed E-state index contributed by atoms with van der Waals surface area (Å²) in [5, 5.41) is 5.98. The predicted molar refractivity (Wildman–Crippen MR) is 94.1 cm³/mol. The number of carbonyl (C=O) groups excluding carboxylic acids is 3. The van der Waals surface area contributed by atoms with Gasteiger partial charge in [-0.1, -0.05) is 23.7 Å². The number of nitrogens with zero attached hydrogens (tertiary/aromatic N) is 1. The van der Waals surface area contributed by atoms with Gasteiger partial charge < -0.3 is 15.1 Å². The minimum absolute atomic E-state index is 0.0785. The molecule has 7 nitrogen and oxygen atoms in total. The van der Waals surface area contributed by atoms with Crippen molar-refractivity contribution in [2.45, 2.75) is 32.0 Å². The summed E-state index contributed by atoms with van der Waals surface area (Å²) < 4.78 is 5.16. The van der Waals surface area contributed by atoms with Crippen molar-refractivity contribution in [3.63, 3.8) is 0 Å². The highest BCUT2D eigenvalue weighted by Crippen LogP contribution is 2.15. The Kier molecular flexibility index (Phi) is 5.58. The third-order valence-corrected chi connectivity index (χ3v) is 4.27. The van der Waals surface area contributed by atoms with Crippen molar-refractivity contribution in [2.24, 2.45) is 0 Å². The van der Waals surface area contributed by atoms with Gasteiger partial charge in [0.25, 0.3) is 5.91 Å². The van der Waals surface area contributed by atoms with Gasteiger partial charge in [-0.3, -0.25) is 14.5 Å². The van der Waals surface area contributed by atoms with E-state index in [9.17, 15) is 14.4 Å².